The van der Waals surface area contributed by atoms with Crippen LogP contribution in [0, 0.1) is 17.1 Å². The number of rotatable bonds is 2. The maximum atomic E-state index is 13.2. The fourth-order valence-corrected chi connectivity index (χ4v) is 0.975. The number of aromatic nitrogens is 1. The predicted molar refractivity (Wildman–Crippen MR) is 42.9 cm³/mol. The lowest BCUT2D eigenvalue weighted by molar-refractivity contribution is 0.146. The SMILES string of the molecule is N#CCc1cnc(N)c(C(F)F)c1F. The van der Waals surface area contributed by atoms with Crippen molar-refractivity contribution in [2.45, 2.75) is 12.8 Å². The molecule has 0 aliphatic heterocycles. The Hall–Kier alpha value is -1.77. The molecule has 1 rings (SSSR count). The second-order valence-corrected chi connectivity index (χ2v) is 2.53. The van der Waals surface area contributed by atoms with E-state index < -0.39 is 23.6 Å². The molecule has 0 amide bonds. The maximum Gasteiger partial charge on any atom is 0.270 e. The third kappa shape index (κ3) is 1.76. The van der Waals surface area contributed by atoms with E-state index in [4.69, 9.17) is 11.0 Å². The monoisotopic (exact) mass is 201 g/mol. The molecule has 3 nitrogen and oxygen atoms in total. The average Bonchev–Trinajstić information content (AvgIpc) is 2.10. The largest absolute Gasteiger partial charge is 0.383 e. The highest BCUT2D eigenvalue weighted by Crippen LogP contribution is 2.28. The summed E-state index contributed by atoms with van der Waals surface area (Å²) in [6.45, 7) is 0. The van der Waals surface area contributed by atoms with E-state index in [2.05, 4.69) is 4.98 Å². The van der Waals surface area contributed by atoms with Gasteiger partial charge in [-0.05, 0) is 0 Å². The van der Waals surface area contributed by atoms with Crippen LogP contribution in [0.15, 0.2) is 6.20 Å². The van der Waals surface area contributed by atoms with Gasteiger partial charge in [0.2, 0.25) is 0 Å². The van der Waals surface area contributed by atoms with Crippen LogP contribution < -0.4 is 5.73 Å². The van der Waals surface area contributed by atoms with Crippen LogP contribution in [-0.2, 0) is 6.42 Å². The first-order chi connectivity index (χ1) is 6.57. The van der Waals surface area contributed by atoms with Crippen LogP contribution in [0.1, 0.15) is 17.6 Å². The number of alkyl halides is 2. The first-order valence-corrected chi connectivity index (χ1v) is 3.65. The minimum absolute atomic E-state index is 0.169. The molecule has 0 spiro atoms. The van der Waals surface area contributed by atoms with Gasteiger partial charge in [-0.2, -0.15) is 5.26 Å². The lowest BCUT2D eigenvalue weighted by Crippen LogP contribution is -2.05. The Morgan fingerprint density at radius 3 is 2.71 bits per heavy atom. The van der Waals surface area contributed by atoms with Crippen LogP contribution in [0.25, 0.3) is 0 Å². The summed E-state index contributed by atoms with van der Waals surface area (Å²) in [5.41, 5.74) is 3.97. The van der Waals surface area contributed by atoms with Crippen molar-refractivity contribution in [2.24, 2.45) is 0 Å². The topological polar surface area (TPSA) is 62.7 Å². The Labute approximate surface area is 78.0 Å². The number of hydrogen-bond donors (Lipinski definition) is 1. The fourth-order valence-electron chi connectivity index (χ4n) is 0.975. The highest BCUT2D eigenvalue weighted by molar-refractivity contribution is 5.43. The van der Waals surface area contributed by atoms with Crippen LogP contribution in [0.3, 0.4) is 0 Å². The molecular formula is C8H6F3N3. The molecule has 0 radical (unpaired) electrons. The number of nitrogen functional groups attached to an aromatic ring is 1. The fraction of sp³-hybridized carbons (Fsp3) is 0.250. The minimum atomic E-state index is -3.03. The van der Waals surface area contributed by atoms with E-state index in [0.717, 1.165) is 6.20 Å². The first-order valence-electron chi connectivity index (χ1n) is 3.65. The van der Waals surface area contributed by atoms with Crippen molar-refractivity contribution < 1.29 is 13.2 Å². The van der Waals surface area contributed by atoms with Gasteiger partial charge in [0.25, 0.3) is 6.43 Å². The molecule has 0 aromatic carbocycles. The van der Waals surface area contributed by atoms with Gasteiger partial charge < -0.3 is 5.73 Å². The van der Waals surface area contributed by atoms with Crippen molar-refractivity contribution in [2.75, 3.05) is 5.73 Å². The lowest BCUT2D eigenvalue weighted by Gasteiger charge is -2.07. The maximum absolute atomic E-state index is 13.2. The molecule has 0 atom stereocenters. The van der Waals surface area contributed by atoms with Gasteiger partial charge >= 0.3 is 0 Å². The third-order valence-electron chi connectivity index (χ3n) is 1.64. The van der Waals surface area contributed by atoms with Gasteiger partial charge in [-0.15, -0.1) is 0 Å². The Kier molecular flexibility index (Phi) is 2.92. The number of nitrogens with two attached hydrogens (primary N) is 1. The molecule has 1 aromatic heterocycles. The van der Waals surface area contributed by atoms with Gasteiger partial charge in [0.05, 0.1) is 18.1 Å². The van der Waals surface area contributed by atoms with Crippen molar-refractivity contribution in [1.82, 2.24) is 4.98 Å². The molecule has 0 saturated carbocycles. The van der Waals surface area contributed by atoms with E-state index in [-0.39, 0.29) is 12.0 Å². The molecule has 0 aliphatic carbocycles. The zero-order valence-electron chi connectivity index (χ0n) is 6.97. The minimum Gasteiger partial charge on any atom is -0.383 e. The molecular weight excluding hydrogens is 195 g/mol. The number of anilines is 1. The molecule has 1 aromatic rings. The number of nitriles is 1. The molecule has 0 bridgehead atoms. The predicted octanol–water partition coefficient (Wildman–Crippen LogP) is 1.81. The van der Waals surface area contributed by atoms with Gasteiger partial charge in [-0.1, -0.05) is 0 Å². The molecule has 1 heterocycles. The molecule has 14 heavy (non-hydrogen) atoms. The second kappa shape index (κ2) is 3.96. The molecule has 6 heteroatoms. The zero-order valence-corrected chi connectivity index (χ0v) is 6.97. The van der Waals surface area contributed by atoms with Crippen molar-refractivity contribution in [3.05, 3.63) is 23.1 Å². The van der Waals surface area contributed by atoms with E-state index in [9.17, 15) is 13.2 Å². The molecule has 0 aliphatic rings. The van der Waals surface area contributed by atoms with Crippen LogP contribution in [0.4, 0.5) is 19.0 Å². The zero-order chi connectivity index (χ0) is 10.7. The lowest BCUT2D eigenvalue weighted by atomic mass is 10.1. The van der Waals surface area contributed by atoms with E-state index in [1.807, 2.05) is 0 Å². The Morgan fingerprint density at radius 1 is 1.57 bits per heavy atom. The Bertz CT molecular complexity index is 384. The van der Waals surface area contributed by atoms with Gasteiger partial charge in [0.15, 0.2) is 0 Å². The summed E-state index contributed by atoms with van der Waals surface area (Å²) >= 11 is 0. The van der Waals surface area contributed by atoms with Crippen LogP contribution >= 0.6 is 0 Å². The van der Waals surface area contributed by atoms with Crippen molar-refractivity contribution in [3.8, 4) is 6.07 Å². The standard InChI is InChI=1S/C8H6F3N3/c9-6-4(1-2-12)3-14-8(13)5(6)7(10)11/h3,7H,1H2,(H2,13,14). The van der Waals surface area contributed by atoms with E-state index in [1.54, 1.807) is 6.07 Å². The molecule has 0 saturated heterocycles. The van der Waals surface area contributed by atoms with Crippen LogP contribution in [-0.4, -0.2) is 4.98 Å². The van der Waals surface area contributed by atoms with Crippen molar-refractivity contribution in [3.63, 3.8) is 0 Å². The number of pyridine rings is 1. The summed E-state index contributed by atoms with van der Waals surface area (Å²) in [6.07, 6.45) is -2.35. The van der Waals surface area contributed by atoms with Crippen LogP contribution in [0.2, 0.25) is 0 Å². The van der Waals surface area contributed by atoms with Crippen molar-refractivity contribution >= 4 is 5.82 Å². The van der Waals surface area contributed by atoms with E-state index in [0.29, 0.717) is 0 Å². The number of hydrogen-bond acceptors (Lipinski definition) is 3. The highest BCUT2D eigenvalue weighted by atomic mass is 19.3. The Morgan fingerprint density at radius 2 is 2.21 bits per heavy atom. The van der Waals surface area contributed by atoms with Gasteiger partial charge in [0, 0.05) is 11.8 Å². The Balaban J connectivity index is 3.28. The van der Waals surface area contributed by atoms with Gasteiger partial charge in [-0.25, -0.2) is 18.2 Å². The van der Waals surface area contributed by atoms with Gasteiger partial charge in [-0.3, -0.25) is 0 Å². The summed E-state index contributed by atoms with van der Waals surface area (Å²) in [4.78, 5) is 3.39. The first kappa shape index (κ1) is 10.3. The summed E-state index contributed by atoms with van der Waals surface area (Å²) in [5, 5.41) is 8.28. The van der Waals surface area contributed by atoms with E-state index in [1.165, 1.54) is 0 Å². The number of halogens is 3. The van der Waals surface area contributed by atoms with Crippen molar-refractivity contribution in [1.29, 1.82) is 5.26 Å². The second-order valence-electron chi connectivity index (χ2n) is 2.53. The smallest absolute Gasteiger partial charge is 0.270 e. The summed E-state index contributed by atoms with van der Waals surface area (Å²) in [7, 11) is 0. The third-order valence-corrected chi connectivity index (χ3v) is 1.64. The summed E-state index contributed by atoms with van der Waals surface area (Å²) in [5.74, 6) is -1.69. The van der Waals surface area contributed by atoms with E-state index >= 15 is 0 Å². The average molecular weight is 201 g/mol. The van der Waals surface area contributed by atoms with Crippen LogP contribution in [0.5, 0.6) is 0 Å². The summed E-state index contributed by atoms with van der Waals surface area (Å²) < 4.78 is 37.8. The number of nitrogens with zero attached hydrogens (tertiary/aromatic N) is 2. The quantitative estimate of drug-likeness (QED) is 0.793. The molecule has 74 valence electrons. The summed E-state index contributed by atoms with van der Waals surface area (Å²) in [6, 6.07) is 1.64. The highest BCUT2D eigenvalue weighted by Gasteiger charge is 2.20. The normalized spacial score (nSPS) is 10.2. The molecule has 2 N–H and O–H groups in total. The van der Waals surface area contributed by atoms with Gasteiger partial charge in [0.1, 0.15) is 11.6 Å². The molecule has 0 fully saturated rings. The molecule has 0 unspecified atom stereocenters.